The van der Waals surface area contributed by atoms with Gasteiger partial charge >= 0.3 is 5.97 Å². The molecule has 0 aromatic heterocycles. The number of hydrogen-bond donors (Lipinski definition) is 1. The van der Waals surface area contributed by atoms with Crippen LogP contribution in [0, 0.1) is 0 Å². The first-order valence-electron chi connectivity index (χ1n) is 6.20. The summed E-state index contributed by atoms with van der Waals surface area (Å²) in [6.07, 6.45) is 0.162. The summed E-state index contributed by atoms with van der Waals surface area (Å²) < 4.78 is 9.73. The SMILES string of the molecule is COC(=O)CCC(=O)Nc1ccc(OC)c(N(C)C)c1. The Kier molecular flexibility index (Phi) is 5.83. The van der Waals surface area contributed by atoms with Crippen LogP contribution in [0.1, 0.15) is 12.8 Å². The van der Waals surface area contributed by atoms with Gasteiger partial charge in [-0.25, -0.2) is 0 Å². The molecule has 1 N–H and O–H groups in total. The molecule has 0 aliphatic carbocycles. The van der Waals surface area contributed by atoms with E-state index in [2.05, 4.69) is 10.1 Å². The second-order valence-corrected chi connectivity index (χ2v) is 4.41. The van der Waals surface area contributed by atoms with Gasteiger partial charge in [0.05, 0.1) is 26.3 Å². The van der Waals surface area contributed by atoms with Crippen LogP contribution in [0.4, 0.5) is 11.4 Å². The molecule has 1 aromatic rings. The summed E-state index contributed by atoms with van der Waals surface area (Å²) in [6.45, 7) is 0. The highest BCUT2D eigenvalue weighted by Gasteiger charge is 2.10. The lowest BCUT2D eigenvalue weighted by molar-refractivity contribution is -0.141. The van der Waals surface area contributed by atoms with Gasteiger partial charge in [0, 0.05) is 26.2 Å². The van der Waals surface area contributed by atoms with E-state index in [1.807, 2.05) is 25.1 Å². The summed E-state index contributed by atoms with van der Waals surface area (Å²) in [7, 11) is 6.67. The Balaban J connectivity index is 2.70. The topological polar surface area (TPSA) is 67.9 Å². The molecule has 0 aliphatic rings. The van der Waals surface area contributed by atoms with Crippen LogP contribution >= 0.6 is 0 Å². The minimum atomic E-state index is -0.399. The monoisotopic (exact) mass is 280 g/mol. The van der Waals surface area contributed by atoms with E-state index in [0.29, 0.717) is 5.69 Å². The smallest absolute Gasteiger partial charge is 0.306 e. The Morgan fingerprint density at radius 3 is 2.45 bits per heavy atom. The molecule has 110 valence electrons. The number of ether oxygens (including phenoxy) is 2. The minimum Gasteiger partial charge on any atom is -0.495 e. The zero-order chi connectivity index (χ0) is 15.1. The zero-order valence-corrected chi connectivity index (χ0v) is 12.2. The van der Waals surface area contributed by atoms with Gasteiger partial charge in [0.25, 0.3) is 0 Å². The number of nitrogens with zero attached hydrogens (tertiary/aromatic N) is 1. The van der Waals surface area contributed by atoms with Gasteiger partial charge < -0.3 is 19.7 Å². The highest BCUT2D eigenvalue weighted by molar-refractivity contribution is 5.93. The third kappa shape index (κ3) is 4.46. The van der Waals surface area contributed by atoms with Crippen molar-refractivity contribution < 1.29 is 19.1 Å². The second kappa shape index (κ2) is 7.37. The fourth-order valence-corrected chi connectivity index (χ4v) is 1.66. The lowest BCUT2D eigenvalue weighted by Crippen LogP contribution is -2.15. The van der Waals surface area contributed by atoms with Gasteiger partial charge in [-0.2, -0.15) is 0 Å². The molecule has 6 heteroatoms. The Hall–Kier alpha value is -2.24. The Labute approximate surface area is 118 Å². The highest BCUT2D eigenvalue weighted by Crippen LogP contribution is 2.29. The van der Waals surface area contributed by atoms with Crippen LogP contribution in [-0.4, -0.2) is 40.2 Å². The molecule has 0 saturated carbocycles. The molecule has 0 bridgehead atoms. The summed E-state index contributed by atoms with van der Waals surface area (Å²) in [5.74, 6) is 0.0942. The number of rotatable bonds is 6. The quantitative estimate of drug-likeness (QED) is 0.803. The summed E-state index contributed by atoms with van der Waals surface area (Å²) >= 11 is 0. The molecule has 0 atom stereocenters. The van der Waals surface area contributed by atoms with Crippen molar-refractivity contribution in [3.8, 4) is 5.75 Å². The lowest BCUT2D eigenvalue weighted by Gasteiger charge is -2.18. The maximum atomic E-state index is 11.7. The van der Waals surface area contributed by atoms with Gasteiger partial charge in [-0.1, -0.05) is 0 Å². The Morgan fingerprint density at radius 1 is 1.20 bits per heavy atom. The molecule has 0 aliphatic heterocycles. The molecule has 0 saturated heterocycles. The van der Waals surface area contributed by atoms with E-state index in [9.17, 15) is 9.59 Å². The van der Waals surface area contributed by atoms with Crippen LogP contribution in [0.3, 0.4) is 0 Å². The number of methoxy groups -OCH3 is 2. The van der Waals surface area contributed by atoms with E-state index in [4.69, 9.17) is 4.74 Å². The van der Waals surface area contributed by atoms with Crippen molar-refractivity contribution >= 4 is 23.3 Å². The minimum absolute atomic E-state index is 0.0685. The normalized spacial score (nSPS) is 9.80. The number of carbonyl (C=O) groups is 2. The van der Waals surface area contributed by atoms with Crippen LogP contribution in [0.25, 0.3) is 0 Å². The van der Waals surface area contributed by atoms with Crippen molar-refractivity contribution in [3.63, 3.8) is 0 Å². The van der Waals surface area contributed by atoms with Crippen molar-refractivity contribution in [1.82, 2.24) is 0 Å². The van der Waals surface area contributed by atoms with Gasteiger partial charge in [-0.15, -0.1) is 0 Å². The fraction of sp³-hybridized carbons (Fsp3) is 0.429. The van der Waals surface area contributed by atoms with Crippen molar-refractivity contribution in [2.75, 3.05) is 38.5 Å². The Bertz CT molecular complexity index is 486. The molecule has 1 aromatic carbocycles. The fourth-order valence-electron chi connectivity index (χ4n) is 1.66. The van der Waals surface area contributed by atoms with Crippen molar-refractivity contribution in [2.45, 2.75) is 12.8 Å². The standard InChI is InChI=1S/C14H20N2O4/c1-16(2)11-9-10(5-6-12(11)19-3)15-13(17)7-8-14(18)20-4/h5-6,9H,7-8H2,1-4H3,(H,15,17). The molecule has 0 heterocycles. The molecular weight excluding hydrogens is 260 g/mol. The van der Waals surface area contributed by atoms with Crippen LogP contribution in [-0.2, 0) is 14.3 Å². The molecule has 20 heavy (non-hydrogen) atoms. The third-order valence-corrected chi connectivity index (χ3v) is 2.73. The zero-order valence-electron chi connectivity index (χ0n) is 12.2. The molecule has 0 fully saturated rings. The largest absolute Gasteiger partial charge is 0.495 e. The summed E-state index contributed by atoms with van der Waals surface area (Å²) in [5.41, 5.74) is 1.52. The lowest BCUT2D eigenvalue weighted by atomic mass is 10.2. The number of hydrogen-bond acceptors (Lipinski definition) is 5. The summed E-state index contributed by atoms with van der Waals surface area (Å²) in [5, 5.41) is 2.74. The maximum Gasteiger partial charge on any atom is 0.306 e. The Morgan fingerprint density at radius 2 is 1.90 bits per heavy atom. The average Bonchev–Trinajstić information content (AvgIpc) is 2.44. The van der Waals surface area contributed by atoms with E-state index >= 15 is 0 Å². The number of anilines is 2. The molecule has 6 nitrogen and oxygen atoms in total. The number of esters is 1. The van der Waals surface area contributed by atoms with Crippen LogP contribution in [0.15, 0.2) is 18.2 Å². The molecule has 0 radical (unpaired) electrons. The summed E-state index contributed by atoms with van der Waals surface area (Å²) in [4.78, 5) is 24.6. The van der Waals surface area contributed by atoms with Crippen LogP contribution < -0.4 is 15.0 Å². The molecule has 1 rings (SSSR count). The van der Waals surface area contributed by atoms with Crippen LogP contribution in [0.2, 0.25) is 0 Å². The van der Waals surface area contributed by atoms with Crippen molar-refractivity contribution in [2.24, 2.45) is 0 Å². The second-order valence-electron chi connectivity index (χ2n) is 4.41. The first kappa shape index (κ1) is 15.8. The van der Waals surface area contributed by atoms with E-state index in [-0.39, 0.29) is 18.7 Å². The number of amides is 1. The average molecular weight is 280 g/mol. The number of nitrogens with one attached hydrogen (secondary N) is 1. The first-order chi connectivity index (χ1) is 9.47. The van der Waals surface area contributed by atoms with E-state index in [0.717, 1.165) is 11.4 Å². The van der Waals surface area contributed by atoms with Gasteiger partial charge in [0.2, 0.25) is 5.91 Å². The maximum absolute atomic E-state index is 11.7. The summed E-state index contributed by atoms with van der Waals surface area (Å²) in [6, 6.07) is 5.35. The van der Waals surface area contributed by atoms with E-state index in [1.165, 1.54) is 7.11 Å². The molecule has 0 spiro atoms. The van der Waals surface area contributed by atoms with Gasteiger partial charge in [0.15, 0.2) is 0 Å². The first-order valence-corrected chi connectivity index (χ1v) is 6.20. The van der Waals surface area contributed by atoms with Gasteiger partial charge in [0.1, 0.15) is 5.75 Å². The highest BCUT2D eigenvalue weighted by atomic mass is 16.5. The number of carbonyl (C=O) groups excluding carboxylic acids is 2. The van der Waals surface area contributed by atoms with Gasteiger partial charge in [-0.05, 0) is 18.2 Å². The van der Waals surface area contributed by atoms with Crippen LogP contribution in [0.5, 0.6) is 5.75 Å². The van der Waals surface area contributed by atoms with Crippen molar-refractivity contribution in [3.05, 3.63) is 18.2 Å². The molecule has 1 amide bonds. The van der Waals surface area contributed by atoms with E-state index in [1.54, 1.807) is 19.2 Å². The third-order valence-electron chi connectivity index (χ3n) is 2.73. The predicted octanol–water partition coefficient (Wildman–Crippen LogP) is 1.65. The van der Waals surface area contributed by atoms with E-state index < -0.39 is 5.97 Å². The number of benzene rings is 1. The molecule has 0 unspecified atom stereocenters. The van der Waals surface area contributed by atoms with Gasteiger partial charge in [-0.3, -0.25) is 9.59 Å². The van der Waals surface area contributed by atoms with Crippen molar-refractivity contribution in [1.29, 1.82) is 0 Å². The predicted molar refractivity (Wildman–Crippen MR) is 77.2 cm³/mol. The molecular formula is C14H20N2O4.